The maximum Gasteiger partial charge on any atom is 0.165 e. The van der Waals surface area contributed by atoms with Crippen molar-refractivity contribution in [2.24, 2.45) is 0 Å². The van der Waals surface area contributed by atoms with Gasteiger partial charge in [-0.1, -0.05) is 216 Å². The zero-order valence-electron chi connectivity index (χ0n) is 68.5. The van der Waals surface area contributed by atoms with Crippen molar-refractivity contribution in [3.8, 4) is 57.5 Å². The molecule has 12 aromatic rings. The molecular weight excluding hydrogens is 1470 g/mol. The number of halogens is 1. The van der Waals surface area contributed by atoms with E-state index in [4.69, 9.17) is 23.7 Å². The van der Waals surface area contributed by atoms with Crippen LogP contribution in [0.15, 0.2) is 297 Å². The SMILES string of the molecule is CCC(=C(c1ccc(O)cc1)c1ccc(OC2CCNC2)cc1)c1ccccc1.CCC(=C(c1ccc(O)cc1)c1ccc(OCCNC)c(F)c1)c1ccccc1.CCC(=C(c1ccc(O)cc1)c1ccc(OCCNC)cc1)c1ccc(O)c(OC)c1.CCC(=C(c1ccc(O)cc1)c1ccc(O[C@@H]2CCNC2)cc1)c1ccccc1. The van der Waals surface area contributed by atoms with Gasteiger partial charge in [-0.3, -0.25) is 0 Å². The molecule has 2 heterocycles. The maximum atomic E-state index is 14.8. The van der Waals surface area contributed by atoms with Crippen LogP contribution in [0.1, 0.15) is 133 Å². The van der Waals surface area contributed by atoms with Crippen LogP contribution >= 0.6 is 0 Å². The average Bonchev–Trinajstić information content (AvgIpc) is 0.986. The van der Waals surface area contributed by atoms with E-state index in [0.717, 1.165) is 166 Å². The molecule has 0 amide bonds. The molecule has 2 aliphatic heterocycles. The van der Waals surface area contributed by atoms with Gasteiger partial charge in [-0.05, 0) is 286 Å². The van der Waals surface area contributed by atoms with Gasteiger partial charge in [0.15, 0.2) is 23.1 Å². The highest BCUT2D eigenvalue weighted by atomic mass is 19.1. The highest BCUT2D eigenvalue weighted by Crippen LogP contribution is 2.42. The monoisotopic (exact) mass is 1580 g/mol. The Morgan fingerprint density at radius 3 is 0.958 bits per heavy atom. The summed E-state index contributed by atoms with van der Waals surface area (Å²) in [5.74, 6) is 4.00. The van der Waals surface area contributed by atoms with Gasteiger partial charge in [0.25, 0.3) is 0 Å². The molecular formula is C103H109FN4O10. The number of allylic oxidation sites excluding steroid dienone is 4. The first-order chi connectivity index (χ1) is 57.7. The average molecular weight is 1580 g/mol. The zero-order valence-corrected chi connectivity index (χ0v) is 68.5. The Labute approximate surface area is 695 Å². The molecule has 0 aromatic heterocycles. The van der Waals surface area contributed by atoms with E-state index in [0.29, 0.717) is 25.5 Å². The minimum Gasteiger partial charge on any atom is -0.508 e. The molecule has 608 valence electrons. The Hall–Kier alpha value is -12.6. The van der Waals surface area contributed by atoms with Gasteiger partial charge in [-0.25, -0.2) is 4.39 Å². The Balaban J connectivity index is 0.000000154. The summed E-state index contributed by atoms with van der Waals surface area (Å²) in [5, 5.41) is 61.7. The summed E-state index contributed by atoms with van der Waals surface area (Å²) in [6.45, 7) is 14.9. The lowest BCUT2D eigenvalue weighted by Gasteiger charge is -2.18. The first-order valence-electron chi connectivity index (χ1n) is 40.7. The van der Waals surface area contributed by atoms with Crippen LogP contribution in [-0.4, -0.2) is 111 Å². The van der Waals surface area contributed by atoms with Crippen molar-refractivity contribution < 1.29 is 53.6 Å². The fourth-order valence-corrected chi connectivity index (χ4v) is 14.7. The molecule has 0 spiro atoms. The Bertz CT molecular complexity index is 5060. The van der Waals surface area contributed by atoms with Crippen LogP contribution in [0, 0.1) is 5.82 Å². The molecule has 2 atom stereocenters. The Kier molecular flexibility index (Phi) is 32.5. The number of ether oxygens (including phenoxy) is 5. The minimum atomic E-state index is -0.390. The first kappa shape index (κ1) is 86.2. The van der Waals surface area contributed by atoms with E-state index >= 15 is 0 Å². The van der Waals surface area contributed by atoms with Gasteiger partial charge in [0.2, 0.25) is 0 Å². The van der Waals surface area contributed by atoms with E-state index in [-0.39, 0.29) is 46.7 Å². The third kappa shape index (κ3) is 23.8. The van der Waals surface area contributed by atoms with Gasteiger partial charge in [-0.2, -0.15) is 0 Å². The molecule has 2 fully saturated rings. The number of rotatable bonds is 29. The number of likely N-dealkylation sites (N-methyl/N-ethyl adjacent to an activating group) is 2. The van der Waals surface area contributed by atoms with E-state index in [9.17, 15) is 29.9 Å². The maximum absolute atomic E-state index is 14.8. The van der Waals surface area contributed by atoms with Gasteiger partial charge in [-0.15, -0.1) is 0 Å². The van der Waals surface area contributed by atoms with Crippen LogP contribution in [-0.2, 0) is 0 Å². The van der Waals surface area contributed by atoms with Gasteiger partial charge in [0.1, 0.15) is 65.7 Å². The lowest BCUT2D eigenvalue weighted by atomic mass is 9.88. The molecule has 118 heavy (non-hydrogen) atoms. The number of phenolic OH excluding ortho intramolecular Hbond substituents is 5. The van der Waals surface area contributed by atoms with Gasteiger partial charge in [0.05, 0.1) is 7.11 Å². The fourth-order valence-electron chi connectivity index (χ4n) is 14.7. The summed E-state index contributed by atoms with van der Waals surface area (Å²) < 4.78 is 43.6. The van der Waals surface area contributed by atoms with Gasteiger partial charge >= 0.3 is 0 Å². The summed E-state index contributed by atoms with van der Waals surface area (Å²) in [6.07, 6.45) is 5.97. The van der Waals surface area contributed by atoms with Gasteiger partial charge in [0, 0.05) is 26.2 Å². The van der Waals surface area contributed by atoms with Crippen LogP contribution in [0.4, 0.5) is 4.39 Å². The molecule has 2 aliphatic rings. The first-order valence-corrected chi connectivity index (χ1v) is 40.7. The third-order valence-electron chi connectivity index (χ3n) is 20.7. The number of aromatic hydroxyl groups is 5. The lowest BCUT2D eigenvalue weighted by Crippen LogP contribution is -2.19. The van der Waals surface area contributed by atoms with Crippen LogP contribution < -0.4 is 45.0 Å². The number of benzene rings is 12. The van der Waals surface area contributed by atoms with Crippen LogP contribution in [0.2, 0.25) is 0 Å². The second-order valence-corrected chi connectivity index (χ2v) is 28.6. The zero-order chi connectivity index (χ0) is 83.0. The fraction of sp³-hybridized carbons (Fsp3) is 0.223. The van der Waals surface area contributed by atoms with Crippen molar-refractivity contribution in [3.63, 3.8) is 0 Å². The normalized spacial score (nSPS) is 14.4. The Morgan fingerprint density at radius 1 is 0.339 bits per heavy atom. The summed E-state index contributed by atoms with van der Waals surface area (Å²) in [6, 6.07) is 95.6. The standard InChI is InChI=1S/C26H29NO4.2C26H27NO2.C25H26FNO2/c1-4-23(20-9-14-24(29)25(17-20)30-3)26(18-5-10-21(28)11-6-18)19-7-12-22(13-8-19)31-16-15-27-2;2*1-2-25(19-6-4-3-5-7-19)26(20-8-12-22(28)13-9-20)21-10-14-23(15-11-21)29-24-16-17-27-18-24;1-3-22(18-7-5-4-6-8-18)25(19-9-12-21(28)13-10-19)20-11-14-24(23(26)17-20)29-16-15-27-2/h5-14,17,27-29H,4,15-16H2,1-3H3;2*3-15,24,27-28H,2,16-18H2,1H3;4-14,17,27-28H,3,15-16H2,1-2H3/t;24-;;/m.1../s1. The largest absolute Gasteiger partial charge is 0.508 e. The van der Waals surface area contributed by atoms with Crippen LogP contribution in [0.3, 0.4) is 0 Å². The van der Waals surface area contributed by atoms with Crippen molar-refractivity contribution in [2.45, 2.75) is 78.4 Å². The Morgan fingerprint density at radius 2 is 0.644 bits per heavy atom. The molecule has 9 N–H and O–H groups in total. The molecule has 14 nitrogen and oxygen atoms in total. The van der Waals surface area contributed by atoms with E-state index < -0.39 is 5.82 Å². The quantitative estimate of drug-likeness (QED) is 0.0159. The molecule has 15 heteroatoms. The molecule has 14 rings (SSSR count). The second-order valence-electron chi connectivity index (χ2n) is 28.6. The summed E-state index contributed by atoms with van der Waals surface area (Å²) in [7, 11) is 5.26. The topological polar surface area (TPSA) is 195 Å². The lowest BCUT2D eigenvalue weighted by molar-refractivity contribution is 0.223. The number of nitrogens with one attached hydrogen (secondary N) is 4. The number of hydrogen-bond acceptors (Lipinski definition) is 14. The smallest absolute Gasteiger partial charge is 0.165 e. The van der Waals surface area contributed by atoms with Crippen LogP contribution in [0.5, 0.6) is 57.5 Å². The van der Waals surface area contributed by atoms with E-state index in [1.165, 1.54) is 39.5 Å². The van der Waals surface area contributed by atoms with Gasteiger partial charge < -0.3 is 70.5 Å². The summed E-state index contributed by atoms with van der Waals surface area (Å²) in [5.41, 5.74) is 21.9. The minimum absolute atomic E-state index is 0.107. The van der Waals surface area contributed by atoms with Crippen LogP contribution in [0.25, 0.3) is 44.6 Å². The molecule has 0 bridgehead atoms. The second kappa shape index (κ2) is 44.5. The summed E-state index contributed by atoms with van der Waals surface area (Å²) >= 11 is 0. The molecule has 1 unspecified atom stereocenters. The highest BCUT2D eigenvalue weighted by Gasteiger charge is 2.22. The summed E-state index contributed by atoms with van der Waals surface area (Å²) in [4.78, 5) is 0. The molecule has 0 aliphatic carbocycles. The van der Waals surface area contributed by atoms with Crippen molar-refractivity contribution in [3.05, 3.63) is 370 Å². The number of methoxy groups -OCH3 is 1. The van der Waals surface area contributed by atoms with E-state index in [1.54, 1.807) is 67.8 Å². The van der Waals surface area contributed by atoms with E-state index in [2.05, 4.69) is 158 Å². The predicted molar refractivity (Wildman–Crippen MR) is 480 cm³/mol. The third-order valence-corrected chi connectivity index (χ3v) is 20.7. The number of phenols is 5. The molecule has 0 radical (unpaired) electrons. The molecule has 12 aromatic carbocycles. The predicted octanol–water partition coefficient (Wildman–Crippen LogP) is 21.6. The highest BCUT2D eigenvalue weighted by molar-refractivity contribution is 6.02. The van der Waals surface area contributed by atoms with Crippen molar-refractivity contribution in [1.82, 2.24) is 21.3 Å². The van der Waals surface area contributed by atoms with Crippen molar-refractivity contribution in [1.29, 1.82) is 0 Å². The number of hydrogen-bond donors (Lipinski definition) is 9. The molecule has 0 saturated carbocycles. The van der Waals surface area contributed by atoms with Crippen molar-refractivity contribution in [2.75, 3.05) is 73.7 Å². The van der Waals surface area contributed by atoms with E-state index in [1.807, 2.05) is 135 Å². The van der Waals surface area contributed by atoms with Crippen molar-refractivity contribution >= 4 is 44.6 Å². The molecule has 2 saturated heterocycles.